The Morgan fingerprint density at radius 1 is 1.05 bits per heavy atom. The highest BCUT2D eigenvalue weighted by molar-refractivity contribution is 7.07. The summed E-state index contributed by atoms with van der Waals surface area (Å²) in [5, 5.41) is 1.05. The highest BCUT2D eigenvalue weighted by Crippen LogP contribution is 2.34. The number of methoxy groups -OCH3 is 1. The van der Waals surface area contributed by atoms with Crippen molar-refractivity contribution in [3.63, 3.8) is 0 Å². The van der Waals surface area contributed by atoms with Gasteiger partial charge in [0.05, 0.1) is 29.5 Å². The summed E-state index contributed by atoms with van der Waals surface area (Å²) in [7, 11) is 1.55. The van der Waals surface area contributed by atoms with E-state index in [2.05, 4.69) is 4.99 Å². The summed E-state index contributed by atoms with van der Waals surface area (Å²) in [6.07, 6.45) is 1.76. The zero-order valence-corrected chi connectivity index (χ0v) is 24.8. The predicted molar refractivity (Wildman–Crippen MR) is 161 cm³/mol. The van der Waals surface area contributed by atoms with Crippen molar-refractivity contribution >= 4 is 46.6 Å². The maximum Gasteiger partial charge on any atom is 0.338 e. The second-order valence-electron chi connectivity index (χ2n) is 9.11. The number of allylic oxidation sites excluding steroid dienone is 1. The van der Waals surface area contributed by atoms with Gasteiger partial charge in [0.1, 0.15) is 12.6 Å². The number of carbonyl (C=O) groups is 1. The number of rotatable bonds is 8. The summed E-state index contributed by atoms with van der Waals surface area (Å²) in [6.45, 7) is 3.93. The first-order valence-electron chi connectivity index (χ1n) is 12.8. The van der Waals surface area contributed by atoms with E-state index >= 15 is 0 Å². The van der Waals surface area contributed by atoms with Gasteiger partial charge < -0.3 is 14.2 Å². The molecule has 1 aliphatic heterocycles. The van der Waals surface area contributed by atoms with Crippen LogP contribution in [0.5, 0.6) is 11.5 Å². The third-order valence-electron chi connectivity index (χ3n) is 6.54. The van der Waals surface area contributed by atoms with E-state index in [9.17, 15) is 9.59 Å². The van der Waals surface area contributed by atoms with Crippen LogP contribution in [0.3, 0.4) is 0 Å². The molecule has 0 saturated heterocycles. The lowest BCUT2D eigenvalue weighted by molar-refractivity contribution is -0.139. The van der Waals surface area contributed by atoms with E-state index < -0.39 is 12.0 Å². The first kappa shape index (κ1) is 28.7. The molecule has 0 aliphatic carbocycles. The van der Waals surface area contributed by atoms with Gasteiger partial charge >= 0.3 is 5.97 Å². The fourth-order valence-corrected chi connectivity index (χ4v) is 6.07. The Morgan fingerprint density at radius 2 is 1.78 bits per heavy atom. The molecule has 3 aromatic carbocycles. The molecule has 10 heteroatoms. The molecule has 0 bridgehead atoms. The highest BCUT2D eigenvalue weighted by Gasteiger charge is 2.34. The molecular formula is C31H26Cl2N2O5S. The predicted octanol–water partition coefficient (Wildman–Crippen LogP) is 5.69. The minimum atomic E-state index is -0.781. The van der Waals surface area contributed by atoms with Gasteiger partial charge in [-0.25, -0.2) is 9.79 Å². The van der Waals surface area contributed by atoms with Crippen LogP contribution in [0.1, 0.15) is 36.6 Å². The largest absolute Gasteiger partial charge is 0.493 e. The third-order valence-corrected chi connectivity index (χ3v) is 8.24. The number of aromatic nitrogens is 1. The topological polar surface area (TPSA) is 79.1 Å². The summed E-state index contributed by atoms with van der Waals surface area (Å²) in [5.74, 6) is 0.512. The zero-order chi connectivity index (χ0) is 29.1. The Balaban J connectivity index is 1.56. The minimum absolute atomic E-state index is 0.190. The average Bonchev–Trinajstić information content (AvgIpc) is 3.26. The molecule has 0 amide bonds. The molecule has 4 aromatic rings. The number of fused-ring (bicyclic) bond motifs is 1. The van der Waals surface area contributed by atoms with Gasteiger partial charge in [-0.05, 0) is 55.3 Å². The second kappa shape index (κ2) is 12.3. The number of esters is 1. The van der Waals surface area contributed by atoms with Crippen LogP contribution < -0.4 is 24.4 Å². The van der Waals surface area contributed by atoms with Crippen molar-refractivity contribution in [2.24, 2.45) is 4.99 Å². The number of nitrogens with zero attached hydrogens (tertiary/aromatic N) is 2. The van der Waals surface area contributed by atoms with E-state index in [0.29, 0.717) is 42.1 Å². The van der Waals surface area contributed by atoms with E-state index in [1.165, 1.54) is 15.9 Å². The third kappa shape index (κ3) is 5.81. The van der Waals surface area contributed by atoms with Crippen LogP contribution in [0.4, 0.5) is 0 Å². The molecule has 0 N–H and O–H groups in total. The number of benzene rings is 3. The van der Waals surface area contributed by atoms with Gasteiger partial charge in [0.2, 0.25) is 0 Å². The summed E-state index contributed by atoms with van der Waals surface area (Å²) < 4.78 is 18.8. The lowest BCUT2D eigenvalue weighted by Gasteiger charge is -2.25. The number of thiazole rings is 1. The van der Waals surface area contributed by atoms with Crippen molar-refractivity contribution in [1.29, 1.82) is 0 Å². The number of hydrogen-bond donors (Lipinski definition) is 0. The molecule has 0 unspecified atom stereocenters. The van der Waals surface area contributed by atoms with Gasteiger partial charge in [0, 0.05) is 15.6 Å². The summed E-state index contributed by atoms with van der Waals surface area (Å²) in [5.41, 5.74) is 2.65. The van der Waals surface area contributed by atoms with E-state index in [-0.39, 0.29) is 24.3 Å². The Hall–Kier alpha value is -3.85. The number of carbonyl (C=O) groups excluding carboxylic acids is 1. The van der Waals surface area contributed by atoms with Crippen molar-refractivity contribution in [3.05, 3.63) is 124 Å². The van der Waals surface area contributed by atoms with Crippen LogP contribution in [-0.2, 0) is 16.1 Å². The van der Waals surface area contributed by atoms with E-state index in [0.717, 1.165) is 11.1 Å². The second-order valence-corrected chi connectivity index (χ2v) is 10.9. The summed E-state index contributed by atoms with van der Waals surface area (Å²) >= 11 is 14.1. The Bertz CT molecular complexity index is 1840. The molecule has 5 rings (SSSR count). The Morgan fingerprint density at radius 3 is 2.49 bits per heavy atom. The molecule has 1 atom stereocenters. The van der Waals surface area contributed by atoms with Gasteiger partial charge in [0.15, 0.2) is 16.3 Å². The van der Waals surface area contributed by atoms with Crippen LogP contribution in [-0.4, -0.2) is 24.3 Å². The lowest BCUT2D eigenvalue weighted by atomic mass is 9.96. The standard InChI is InChI=1S/C31H26Cl2N2O5S/c1-4-39-30(37)27-18(2)34-31-35(28(27)21-10-6-8-12-23(21)33)29(36)26(41-31)16-19-13-14-24(25(15-19)38-3)40-17-20-9-5-7-11-22(20)32/h5-16,28H,4,17H2,1-3H3/b26-16-/t28-/m1/s1. The molecule has 1 aliphatic rings. The summed E-state index contributed by atoms with van der Waals surface area (Å²) in [4.78, 5) is 32.0. The highest BCUT2D eigenvalue weighted by atomic mass is 35.5. The molecule has 1 aromatic heterocycles. The molecule has 0 radical (unpaired) electrons. The van der Waals surface area contributed by atoms with E-state index in [1.807, 2.05) is 36.4 Å². The van der Waals surface area contributed by atoms with Gasteiger partial charge in [-0.1, -0.05) is 77.0 Å². The van der Waals surface area contributed by atoms with Gasteiger partial charge in [-0.3, -0.25) is 9.36 Å². The molecule has 2 heterocycles. The fourth-order valence-electron chi connectivity index (χ4n) is 4.60. The zero-order valence-electron chi connectivity index (χ0n) is 22.5. The van der Waals surface area contributed by atoms with Gasteiger partial charge in [0.25, 0.3) is 5.56 Å². The molecule has 210 valence electrons. The Labute approximate surface area is 250 Å². The average molecular weight is 610 g/mol. The quantitative estimate of drug-likeness (QED) is 0.240. The molecular weight excluding hydrogens is 583 g/mol. The smallest absolute Gasteiger partial charge is 0.338 e. The lowest BCUT2D eigenvalue weighted by Crippen LogP contribution is -2.40. The van der Waals surface area contributed by atoms with Crippen LogP contribution in [0.15, 0.2) is 87.8 Å². The fraction of sp³-hybridized carbons (Fsp3) is 0.194. The van der Waals surface area contributed by atoms with Crippen molar-refractivity contribution in [2.45, 2.75) is 26.5 Å². The number of ether oxygens (including phenoxy) is 3. The number of halogens is 2. The van der Waals surface area contributed by atoms with Crippen molar-refractivity contribution < 1.29 is 19.0 Å². The molecule has 7 nitrogen and oxygen atoms in total. The SMILES string of the molecule is CCOC(=O)C1=C(C)N=c2s/c(=C\c3ccc(OCc4ccccc4Cl)c(OC)c3)c(=O)n2[C@@H]1c1ccccc1Cl. The normalized spacial score (nSPS) is 14.9. The van der Waals surface area contributed by atoms with E-state index in [4.69, 9.17) is 37.4 Å². The minimum Gasteiger partial charge on any atom is -0.493 e. The van der Waals surface area contributed by atoms with Gasteiger partial charge in [-0.2, -0.15) is 0 Å². The van der Waals surface area contributed by atoms with Crippen molar-refractivity contribution in [3.8, 4) is 11.5 Å². The van der Waals surface area contributed by atoms with E-state index in [1.54, 1.807) is 57.4 Å². The summed E-state index contributed by atoms with van der Waals surface area (Å²) in [6, 6.07) is 19.2. The first-order chi connectivity index (χ1) is 19.8. The van der Waals surface area contributed by atoms with Crippen molar-refractivity contribution in [1.82, 2.24) is 4.57 Å². The molecule has 0 fully saturated rings. The monoisotopic (exact) mass is 608 g/mol. The molecule has 41 heavy (non-hydrogen) atoms. The first-order valence-corrected chi connectivity index (χ1v) is 14.4. The maximum atomic E-state index is 13.9. The van der Waals surface area contributed by atoms with Gasteiger partial charge in [-0.15, -0.1) is 0 Å². The van der Waals surface area contributed by atoms with Crippen molar-refractivity contribution in [2.75, 3.05) is 13.7 Å². The molecule has 0 saturated carbocycles. The maximum absolute atomic E-state index is 13.9. The Kier molecular flexibility index (Phi) is 8.63. The number of hydrogen-bond acceptors (Lipinski definition) is 7. The van der Waals surface area contributed by atoms with Crippen LogP contribution in [0.2, 0.25) is 10.0 Å². The molecule has 0 spiro atoms. The van der Waals surface area contributed by atoms with Crippen LogP contribution >= 0.6 is 34.5 Å². The van der Waals surface area contributed by atoms with Crippen LogP contribution in [0, 0.1) is 0 Å². The van der Waals surface area contributed by atoms with Crippen LogP contribution in [0.25, 0.3) is 6.08 Å².